The van der Waals surface area contributed by atoms with E-state index in [4.69, 9.17) is 5.84 Å². The lowest BCUT2D eigenvalue weighted by Crippen LogP contribution is -2.29. The summed E-state index contributed by atoms with van der Waals surface area (Å²) in [4.78, 5) is 1.10. The first kappa shape index (κ1) is 14.8. The zero-order valence-corrected chi connectivity index (χ0v) is 11.4. The number of thiophene rings is 1. The molecule has 20 heavy (non-hydrogen) atoms. The molecule has 3 N–H and O–H groups in total. The molecule has 2 aromatic rings. The van der Waals surface area contributed by atoms with E-state index in [1.54, 1.807) is 23.5 Å². The molecule has 0 aliphatic carbocycles. The summed E-state index contributed by atoms with van der Waals surface area (Å²) in [6.07, 6.45) is -4.68. The number of alkyl halides is 3. The van der Waals surface area contributed by atoms with Crippen LogP contribution in [-0.2, 0) is 0 Å². The van der Waals surface area contributed by atoms with Gasteiger partial charge in [0, 0.05) is 4.88 Å². The van der Waals surface area contributed by atoms with Crippen LogP contribution >= 0.6 is 11.3 Å². The molecule has 0 radical (unpaired) electrons. The van der Waals surface area contributed by atoms with Crippen LogP contribution in [0.3, 0.4) is 0 Å². The number of aryl methyl sites for hydroxylation is 1. The quantitative estimate of drug-likeness (QED) is 0.671. The topological polar surface area (TPSA) is 47.3 Å². The maximum absolute atomic E-state index is 12.1. The van der Waals surface area contributed by atoms with Crippen molar-refractivity contribution in [3.05, 3.63) is 51.7 Å². The Balaban J connectivity index is 2.22. The lowest BCUT2D eigenvalue weighted by Gasteiger charge is -2.17. The molecule has 0 saturated carbocycles. The fourth-order valence-corrected chi connectivity index (χ4v) is 2.66. The summed E-state index contributed by atoms with van der Waals surface area (Å²) >= 11 is 1.58. The van der Waals surface area contributed by atoms with Crippen LogP contribution in [0.5, 0.6) is 5.75 Å². The predicted molar refractivity (Wildman–Crippen MR) is 71.3 cm³/mol. The Morgan fingerprint density at radius 3 is 2.30 bits per heavy atom. The van der Waals surface area contributed by atoms with E-state index in [0.717, 1.165) is 16.0 Å². The van der Waals surface area contributed by atoms with Gasteiger partial charge in [-0.3, -0.25) is 5.84 Å². The zero-order valence-electron chi connectivity index (χ0n) is 10.6. The van der Waals surface area contributed by atoms with Gasteiger partial charge in [-0.05, 0) is 41.6 Å². The van der Waals surface area contributed by atoms with Crippen LogP contribution < -0.4 is 16.0 Å². The lowest BCUT2D eigenvalue weighted by atomic mass is 10.00. The first-order valence-electron chi connectivity index (χ1n) is 5.76. The van der Waals surface area contributed by atoms with E-state index in [9.17, 15) is 13.2 Å². The third-order valence-electron chi connectivity index (χ3n) is 2.82. The molecule has 1 aromatic carbocycles. The van der Waals surface area contributed by atoms with Crippen molar-refractivity contribution in [2.45, 2.75) is 19.3 Å². The van der Waals surface area contributed by atoms with E-state index in [1.165, 1.54) is 12.1 Å². The smallest absolute Gasteiger partial charge is 0.406 e. The zero-order chi connectivity index (χ0) is 14.8. The van der Waals surface area contributed by atoms with Crippen LogP contribution in [0.1, 0.15) is 22.0 Å². The highest BCUT2D eigenvalue weighted by molar-refractivity contribution is 7.10. The maximum atomic E-state index is 12.1. The summed E-state index contributed by atoms with van der Waals surface area (Å²) in [5.74, 6) is 5.30. The highest BCUT2D eigenvalue weighted by Gasteiger charge is 2.31. The van der Waals surface area contributed by atoms with Gasteiger partial charge >= 0.3 is 6.36 Å². The number of hydrazine groups is 1. The molecule has 0 aliphatic rings. The standard InChI is InChI=1S/C13H13F3N2OS/c1-8-11(6-7-20-8)12(18-17)9-2-4-10(5-3-9)19-13(14,15)16/h2-7,12,18H,17H2,1H3. The number of nitrogens with one attached hydrogen (secondary N) is 1. The van der Waals surface area contributed by atoms with Crippen LogP contribution in [0.15, 0.2) is 35.7 Å². The van der Waals surface area contributed by atoms with Gasteiger partial charge in [0.05, 0.1) is 6.04 Å². The highest BCUT2D eigenvalue weighted by atomic mass is 32.1. The van der Waals surface area contributed by atoms with Gasteiger partial charge in [-0.1, -0.05) is 12.1 Å². The fraction of sp³-hybridized carbons (Fsp3) is 0.231. The van der Waals surface area contributed by atoms with Crippen LogP contribution in [0.4, 0.5) is 13.2 Å². The number of rotatable bonds is 4. The van der Waals surface area contributed by atoms with Crippen molar-refractivity contribution < 1.29 is 17.9 Å². The minimum Gasteiger partial charge on any atom is -0.406 e. The first-order valence-corrected chi connectivity index (χ1v) is 6.64. The molecule has 0 saturated heterocycles. The highest BCUT2D eigenvalue weighted by Crippen LogP contribution is 2.29. The van der Waals surface area contributed by atoms with Gasteiger partial charge in [0.2, 0.25) is 0 Å². The van der Waals surface area contributed by atoms with E-state index in [0.29, 0.717) is 0 Å². The number of ether oxygens (including phenoxy) is 1. The Labute approximate surface area is 118 Å². The summed E-state index contributed by atoms with van der Waals surface area (Å²) in [6, 6.07) is 7.33. The van der Waals surface area contributed by atoms with Crippen molar-refractivity contribution in [3.8, 4) is 5.75 Å². The van der Waals surface area contributed by atoms with Crippen molar-refractivity contribution in [1.29, 1.82) is 0 Å². The molecule has 1 unspecified atom stereocenters. The second kappa shape index (κ2) is 5.82. The van der Waals surface area contributed by atoms with Gasteiger partial charge in [-0.2, -0.15) is 0 Å². The molecule has 1 aromatic heterocycles. The average Bonchev–Trinajstić information content (AvgIpc) is 2.77. The van der Waals surface area contributed by atoms with Gasteiger partial charge in [0.1, 0.15) is 5.75 Å². The van der Waals surface area contributed by atoms with Crippen molar-refractivity contribution in [2.75, 3.05) is 0 Å². The molecule has 0 spiro atoms. The molecule has 108 valence electrons. The van der Waals surface area contributed by atoms with Crippen LogP contribution in [-0.4, -0.2) is 6.36 Å². The van der Waals surface area contributed by atoms with E-state index in [2.05, 4.69) is 10.2 Å². The summed E-state index contributed by atoms with van der Waals surface area (Å²) in [7, 11) is 0. The van der Waals surface area contributed by atoms with Crippen LogP contribution in [0, 0.1) is 6.92 Å². The number of benzene rings is 1. The molecule has 0 fully saturated rings. The minimum absolute atomic E-state index is 0.251. The van der Waals surface area contributed by atoms with Gasteiger partial charge in [-0.15, -0.1) is 24.5 Å². The van der Waals surface area contributed by atoms with E-state index in [1.807, 2.05) is 18.4 Å². The molecule has 2 rings (SSSR count). The number of nitrogens with two attached hydrogens (primary N) is 1. The van der Waals surface area contributed by atoms with E-state index < -0.39 is 6.36 Å². The molecular formula is C13H13F3N2OS. The third kappa shape index (κ3) is 3.50. The summed E-state index contributed by atoms with van der Waals surface area (Å²) in [6.45, 7) is 1.96. The van der Waals surface area contributed by atoms with E-state index >= 15 is 0 Å². The average molecular weight is 302 g/mol. The summed E-state index contributed by atoms with van der Waals surface area (Å²) in [5.41, 5.74) is 4.44. The van der Waals surface area contributed by atoms with Gasteiger partial charge in [-0.25, -0.2) is 5.43 Å². The molecule has 0 amide bonds. The number of halogens is 3. The maximum Gasteiger partial charge on any atom is 0.573 e. The Hall–Kier alpha value is -1.57. The second-order valence-corrected chi connectivity index (χ2v) is 5.27. The minimum atomic E-state index is -4.68. The number of hydrogen-bond acceptors (Lipinski definition) is 4. The normalized spacial score (nSPS) is 13.2. The van der Waals surface area contributed by atoms with Crippen molar-refractivity contribution in [2.24, 2.45) is 5.84 Å². The van der Waals surface area contributed by atoms with Crippen LogP contribution in [0.2, 0.25) is 0 Å². The Morgan fingerprint density at radius 1 is 1.20 bits per heavy atom. The fourth-order valence-electron chi connectivity index (χ4n) is 1.92. The van der Waals surface area contributed by atoms with Crippen molar-refractivity contribution in [1.82, 2.24) is 5.43 Å². The monoisotopic (exact) mass is 302 g/mol. The molecular weight excluding hydrogens is 289 g/mol. The molecule has 0 bridgehead atoms. The van der Waals surface area contributed by atoms with Crippen LogP contribution in [0.25, 0.3) is 0 Å². The largest absolute Gasteiger partial charge is 0.573 e. The second-order valence-electron chi connectivity index (χ2n) is 4.15. The van der Waals surface area contributed by atoms with Gasteiger partial charge in [0.15, 0.2) is 0 Å². The molecule has 1 heterocycles. The molecule has 3 nitrogen and oxygen atoms in total. The third-order valence-corrected chi connectivity index (χ3v) is 3.69. The Kier molecular flexibility index (Phi) is 4.32. The first-order chi connectivity index (χ1) is 9.40. The Bertz CT molecular complexity index is 566. The predicted octanol–water partition coefficient (Wildman–Crippen LogP) is 3.51. The Morgan fingerprint density at radius 2 is 1.85 bits per heavy atom. The van der Waals surface area contributed by atoms with Gasteiger partial charge < -0.3 is 4.74 Å². The number of hydrogen-bond donors (Lipinski definition) is 2. The SMILES string of the molecule is Cc1sccc1C(NN)c1ccc(OC(F)(F)F)cc1. The molecule has 1 atom stereocenters. The van der Waals surface area contributed by atoms with Crippen molar-refractivity contribution in [3.63, 3.8) is 0 Å². The molecule has 0 aliphatic heterocycles. The van der Waals surface area contributed by atoms with Gasteiger partial charge in [0.25, 0.3) is 0 Å². The lowest BCUT2D eigenvalue weighted by molar-refractivity contribution is -0.274. The molecule has 7 heteroatoms. The van der Waals surface area contributed by atoms with E-state index in [-0.39, 0.29) is 11.8 Å². The summed E-state index contributed by atoms with van der Waals surface area (Å²) in [5, 5.41) is 1.94. The summed E-state index contributed by atoms with van der Waals surface area (Å²) < 4.78 is 40.1. The van der Waals surface area contributed by atoms with Crippen molar-refractivity contribution >= 4 is 11.3 Å².